The Kier molecular flexibility index (Phi) is 7.18. The summed E-state index contributed by atoms with van der Waals surface area (Å²) in [6.07, 6.45) is 2.06. The van der Waals surface area contributed by atoms with Crippen LogP contribution in [0.15, 0.2) is 17.3 Å². The average molecular weight is 437 g/mol. The van der Waals surface area contributed by atoms with E-state index in [-0.39, 0.29) is 22.9 Å². The first-order valence-corrected chi connectivity index (χ1v) is 11.3. The summed E-state index contributed by atoms with van der Waals surface area (Å²) in [5.74, 6) is 5.10. The van der Waals surface area contributed by atoms with Crippen LogP contribution in [0.2, 0.25) is 0 Å². The minimum atomic E-state index is -0.690. The van der Waals surface area contributed by atoms with Gasteiger partial charge in [-0.2, -0.15) is 0 Å². The first kappa shape index (κ1) is 23.7. The van der Waals surface area contributed by atoms with Crippen LogP contribution in [0, 0.1) is 31.1 Å². The molecule has 1 amide bonds. The second-order valence-electron chi connectivity index (χ2n) is 9.00. The van der Waals surface area contributed by atoms with Crippen molar-refractivity contribution in [1.82, 2.24) is 4.90 Å². The van der Waals surface area contributed by atoms with E-state index in [1.807, 2.05) is 32.9 Å². The average Bonchev–Trinajstić information content (AvgIpc) is 2.73. The molecule has 2 fully saturated rings. The molecule has 6 heteroatoms. The number of Topliss-reactive ketones (excluding diaryl/α,β-unsaturated/α-hetero) is 2. The van der Waals surface area contributed by atoms with E-state index in [0.717, 1.165) is 22.3 Å². The van der Waals surface area contributed by atoms with E-state index in [4.69, 9.17) is 4.84 Å². The fourth-order valence-electron chi connectivity index (χ4n) is 5.12. The van der Waals surface area contributed by atoms with E-state index in [1.165, 1.54) is 0 Å². The third-order valence-corrected chi connectivity index (χ3v) is 6.65. The summed E-state index contributed by atoms with van der Waals surface area (Å²) in [6, 6.07) is 3.92. The molecule has 0 N–H and O–H groups in total. The van der Waals surface area contributed by atoms with E-state index in [2.05, 4.69) is 17.0 Å². The highest BCUT2D eigenvalue weighted by molar-refractivity contribution is 6.37. The van der Waals surface area contributed by atoms with Crippen LogP contribution in [0.1, 0.15) is 74.6 Å². The summed E-state index contributed by atoms with van der Waals surface area (Å²) < 4.78 is 0. The molecular weight excluding hydrogens is 404 g/mol. The Morgan fingerprint density at radius 1 is 1.16 bits per heavy atom. The molecule has 2 aliphatic rings. The normalized spacial score (nSPS) is 19.0. The Labute approximate surface area is 190 Å². The largest absolute Gasteiger partial charge is 0.396 e. The van der Waals surface area contributed by atoms with Crippen molar-refractivity contribution in [2.45, 2.75) is 66.2 Å². The van der Waals surface area contributed by atoms with Crippen LogP contribution in [0.3, 0.4) is 0 Å². The third-order valence-electron chi connectivity index (χ3n) is 6.65. The van der Waals surface area contributed by atoms with Crippen LogP contribution < -0.4 is 0 Å². The second-order valence-corrected chi connectivity index (χ2v) is 9.00. The van der Waals surface area contributed by atoms with Crippen LogP contribution in [-0.4, -0.2) is 47.8 Å². The molecule has 0 unspecified atom stereocenters. The van der Waals surface area contributed by atoms with Gasteiger partial charge in [0.2, 0.25) is 0 Å². The Hall–Kier alpha value is -2.94. The van der Waals surface area contributed by atoms with Gasteiger partial charge in [-0.1, -0.05) is 11.1 Å². The number of carbonyl (C=O) groups excluding carboxylic acids is 3. The second kappa shape index (κ2) is 9.68. The van der Waals surface area contributed by atoms with Gasteiger partial charge in [0.1, 0.15) is 29.8 Å². The van der Waals surface area contributed by atoms with E-state index in [0.29, 0.717) is 51.1 Å². The highest BCUT2D eigenvalue weighted by Gasteiger charge is 2.47. The van der Waals surface area contributed by atoms with Crippen LogP contribution in [0.4, 0.5) is 0 Å². The monoisotopic (exact) mass is 436 g/mol. The fourth-order valence-corrected chi connectivity index (χ4v) is 5.12. The van der Waals surface area contributed by atoms with Crippen LogP contribution in [0.5, 0.6) is 0 Å². The van der Waals surface area contributed by atoms with Crippen molar-refractivity contribution in [2.75, 3.05) is 19.7 Å². The standard InChI is InChI=1S/C26H32N2O4/c1-6-8-20-13-17(3)23(18(4)14-20)24-21(29)15-26(16-22(24)30)9-11-28(12-10-26)25(31)19(5)27-32-7-2/h13-14,24H,7,9-12,15-16H2,1-5H3. The molecule has 32 heavy (non-hydrogen) atoms. The quantitative estimate of drug-likeness (QED) is 0.312. The maximum absolute atomic E-state index is 13.3. The minimum absolute atomic E-state index is 0.00404. The zero-order chi connectivity index (χ0) is 23.5. The molecule has 1 aliphatic carbocycles. The number of oxime groups is 1. The lowest BCUT2D eigenvalue weighted by Gasteiger charge is -2.44. The van der Waals surface area contributed by atoms with Gasteiger partial charge in [-0.25, -0.2) is 0 Å². The van der Waals surface area contributed by atoms with Crippen molar-refractivity contribution < 1.29 is 19.2 Å². The molecule has 0 atom stereocenters. The summed E-state index contributed by atoms with van der Waals surface area (Å²) in [4.78, 5) is 45.8. The molecule has 0 bridgehead atoms. The van der Waals surface area contributed by atoms with E-state index in [9.17, 15) is 14.4 Å². The predicted molar refractivity (Wildman–Crippen MR) is 123 cm³/mol. The number of nitrogens with zero attached hydrogens (tertiary/aromatic N) is 2. The van der Waals surface area contributed by atoms with Gasteiger partial charge in [0.25, 0.3) is 5.91 Å². The number of hydrogen-bond donors (Lipinski definition) is 0. The van der Waals surface area contributed by atoms with Gasteiger partial charge in [0.05, 0.1) is 0 Å². The Bertz CT molecular complexity index is 977. The van der Waals surface area contributed by atoms with Crippen molar-refractivity contribution in [3.05, 3.63) is 34.4 Å². The van der Waals surface area contributed by atoms with Gasteiger partial charge < -0.3 is 9.74 Å². The first-order chi connectivity index (χ1) is 15.2. The van der Waals surface area contributed by atoms with Gasteiger partial charge in [0, 0.05) is 31.5 Å². The maximum atomic E-state index is 13.3. The Morgan fingerprint density at radius 3 is 2.22 bits per heavy atom. The number of aryl methyl sites for hydroxylation is 2. The molecule has 1 aliphatic heterocycles. The van der Waals surface area contributed by atoms with Gasteiger partial charge in [-0.15, -0.1) is 5.92 Å². The maximum Gasteiger partial charge on any atom is 0.271 e. The van der Waals surface area contributed by atoms with E-state index >= 15 is 0 Å². The molecule has 1 aromatic carbocycles. The van der Waals surface area contributed by atoms with Crippen molar-refractivity contribution >= 4 is 23.2 Å². The van der Waals surface area contributed by atoms with Crippen molar-refractivity contribution in [2.24, 2.45) is 10.6 Å². The van der Waals surface area contributed by atoms with Gasteiger partial charge in [0.15, 0.2) is 0 Å². The van der Waals surface area contributed by atoms with Crippen LogP contribution in [0.25, 0.3) is 0 Å². The van der Waals surface area contributed by atoms with Crippen LogP contribution >= 0.6 is 0 Å². The lowest BCUT2D eigenvalue weighted by atomic mass is 9.62. The molecule has 0 aromatic heterocycles. The zero-order valence-electron chi connectivity index (χ0n) is 19.7. The highest BCUT2D eigenvalue weighted by Crippen LogP contribution is 2.46. The number of ketones is 2. The molecule has 3 rings (SSSR count). The lowest BCUT2D eigenvalue weighted by molar-refractivity contribution is -0.139. The number of piperidine rings is 1. The van der Waals surface area contributed by atoms with Crippen LogP contribution in [-0.2, 0) is 19.2 Å². The van der Waals surface area contributed by atoms with Crippen molar-refractivity contribution in [3.8, 4) is 11.8 Å². The molecule has 1 aromatic rings. The van der Waals surface area contributed by atoms with E-state index < -0.39 is 5.92 Å². The fraction of sp³-hybridized carbons (Fsp3) is 0.538. The van der Waals surface area contributed by atoms with Gasteiger partial charge >= 0.3 is 0 Å². The molecule has 170 valence electrons. The predicted octanol–water partition coefficient (Wildman–Crippen LogP) is 3.71. The molecular formula is C26H32N2O4. The molecule has 1 spiro atoms. The first-order valence-electron chi connectivity index (χ1n) is 11.3. The van der Waals surface area contributed by atoms with Gasteiger partial charge in [-0.05, 0) is 81.7 Å². The van der Waals surface area contributed by atoms with Crippen molar-refractivity contribution in [1.29, 1.82) is 0 Å². The molecule has 1 heterocycles. The third kappa shape index (κ3) is 4.77. The van der Waals surface area contributed by atoms with Gasteiger partial charge in [-0.3, -0.25) is 14.4 Å². The number of amides is 1. The molecule has 0 radical (unpaired) electrons. The lowest BCUT2D eigenvalue weighted by Crippen LogP contribution is -2.49. The number of likely N-dealkylation sites (tertiary alicyclic amines) is 1. The van der Waals surface area contributed by atoms with E-state index in [1.54, 1.807) is 18.7 Å². The summed E-state index contributed by atoms with van der Waals surface area (Å²) >= 11 is 0. The van der Waals surface area contributed by atoms with Crippen molar-refractivity contribution in [3.63, 3.8) is 0 Å². The number of carbonyl (C=O) groups is 3. The summed E-state index contributed by atoms with van der Waals surface area (Å²) in [7, 11) is 0. The number of hydrogen-bond acceptors (Lipinski definition) is 5. The summed E-state index contributed by atoms with van der Waals surface area (Å²) in [5.41, 5.74) is 3.60. The topological polar surface area (TPSA) is 76.0 Å². The SMILES string of the molecule is CC#Cc1cc(C)c(C2C(=O)CC3(CCN(C(=O)C(C)=NOCC)CC3)CC2=O)c(C)c1. The smallest absolute Gasteiger partial charge is 0.271 e. The summed E-state index contributed by atoms with van der Waals surface area (Å²) in [6.45, 7) is 10.6. The number of rotatable bonds is 4. The highest BCUT2D eigenvalue weighted by atomic mass is 16.6. The molecule has 1 saturated heterocycles. The number of benzene rings is 1. The molecule has 6 nitrogen and oxygen atoms in total. The Morgan fingerprint density at radius 2 is 1.72 bits per heavy atom. The Balaban J connectivity index is 1.74. The molecule has 1 saturated carbocycles. The zero-order valence-corrected chi connectivity index (χ0v) is 19.7. The minimum Gasteiger partial charge on any atom is -0.396 e. The summed E-state index contributed by atoms with van der Waals surface area (Å²) in [5, 5.41) is 3.83.